The van der Waals surface area contributed by atoms with Crippen molar-refractivity contribution in [2.75, 3.05) is 7.11 Å². The summed E-state index contributed by atoms with van der Waals surface area (Å²) in [4.78, 5) is 11.5. The maximum absolute atomic E-state index is 11.5. The van der Waals surface area contributed by atoms with Gasteiger partial charge in [-0.05, 0) is 23.6 Å². The van der Waals surface area contributed by atoms with Crippen molar-refractivity contribution in [1.29, 1.82) is 0 Å². The Morgan fingerprint density at radius 3 is 2.55 bits per heavy atom. The maximum atomic E-state index is 11.5. The third-order valence-corrected chi connectivity index (χ3v) is 3.81. The SMILES string of the molecule is COC(=O)[C@H](C)NC1OC1c1ccccc1-c1ccccc1. The van der Waals surface area contributed by atoms with Gasteiger partial charge < -0.3 is 9.47 Å². The van der Waals surface area contributed by atoms with E-state index in [0.717, 1.165) is 16.7 Å². The number of hydrogen-bond acceptors (Lipinski definition) is 4. The summed E-state index contributed by atoms with van der Waals surface area (Å²) in [5.41, 5.74) is 3.44. The fraction of sp³-hybridized carbons (Fsp3) is 0.278. The minimum absolute atomic E-state index is 0.0384. The van der Waals surface area contributed by atoms with Crippen LogP contribution in [0.25, 0.3) is 11.1 Å². The van der Waals surface area contributed by atoms with Gasteiger partial charge in [0, 0.05) is 0 Å². The number of rotatable bonds is 5. The summed E-state index contributed by atoms with van der Waals surface area (Å²) in [6.45, 7) is 1.77. The molecule has 0 saturated carbocycles. The van der Waals surface area contributed by atoms with Gasteiger partial charge >= 0.3 is 5.97 Å². The Hall–Kier alpha value is -2.17. The quantitative estimate of drug-likeness (QED) is 0.681. The molecule has 0 aromatic heterocycles. The van der Waals surface area contributed by atoms with Crippen molar-refractivity contribution < 1.29 is 14.3 Å². The number of nitrogens with one attached hydrogen (secondary N) is 1. The van der Waals surface area contributed by atoms with Crippen molar-refractivity contribution in [3.8, 4) is 11.1 Å². The lowest BCUT2D eigenvalue weighted by atomic mass is 9.97. The molecule has 2 aromatic carbocycles. The molecule has 0 bridgehead atoms. The Bertz CT molecular complexity index is 656. The smallest absolute Gasteiger partial charge is 0.322 e. The lowest BCUT2D eigenvalue weighted by Crippen LogP contribution is -2.37. The first-order valence-electron chi connectivity index (χ1n) is 7.34. The van der Waals surface area contributed by atoms with E-state index in [2.05, 4.69) is 29.6 Å². The fourth-order valence-electron chi connectivity index (χ4n) is 2.59. The Kier molecular flexibility index (Phi) is 4.22. The van der Waals surface area contributed by atoms with Crippen LogP contribution in [0.1, 0.15) is 18.6 Å². The zero-order chi connectivity index (χ0) is 15.5. The molecule has 1 fully saturated rings. The van der Waals surface area contributed by atoms with Crippen LogP contribution in [-0.4, -0.2) is 25.3 Å². The number of epoxide rings is 1. The molecule has 3 atom stereocenters. The van der Waals surface area contributed by atoms with Crippen molar-refractivity contribution in [1.82, 2.24) is 5.32 Å². The second-order valence-electron chi connectivity index (χ2n) is 5.34. The van der Waals surface area contributed by atoms with Crippen LogP contribution in [-0.2, 0) is 14.3 Å². The lowest BCUT2D eigenvalue weighted by Gasteiger charge is -2.10. The van der Waals surface area contributed by atoms with Crippen molar-refractivity contribution >= 4 is 5.97 Å². The molecular formula is C18H19NO3. The Labute approximate surface area is 130 Å². The first-order valence-corrected chi connectivity index (χ1v) is 7.34. The third kappa shape index (κ3) is 3.03. The molecule has 4 nitrogen and oxygen atoms in total. The van der Waals surface area contributed by atoms with Gasteiger partial charge in [-0.1, -0.05) is 54.6 Å². The average Bonchev–Trinajstić information content (AvgIpc) is 3.33. The van der Waals surface area contributed by atoms with Crippen molar-refractivity contribution in [2.24, 2.45) is 0 Å². The molecule has 1 aliphatic heterocycles. The van der Waals surface area contributed by atoms with E-state index >= 15 is 0 Å². The topological polar surface area (TPSA) is 50.9 Å². The van der Waals surface area contributed by atoms with Crippen LogP contribution in [0.4, 0.5) is 0 Å². The second-order valence-corrected chi connectivity index (χ2v) is 5.34. The zero-order valence-electron chi connectivity index (χ0n) is 12.7. The largest absolute Gasteiger partial charge is 0.468 e. The van der Waals surface area contributed by atoms with E-state index in [4.69, 9.17) is 9.47 Å². The Morgan fingerprint density at radius 1 is 1.14 bits per heavy atom. The van der Waals surface area contributed by atoms with Gasteiger partial charge in [-0.15, -0.1) is 0 Å². The number of esters is 1. The van der Waals surface area contributed by atoms with Crippen LogP contribution in [0.5, 0.6) is 0 Å². The average molecular weight is 297 g/mol. The zero-order valence-corrected chi connectivity index (χ0v) is 12.7. The van der Waals surface area contributed by atoms with Crippen LogP contribution in [0.2, 0.25) is 0 Å². The molecule has 0 aliphatic carbocycles. The number of carbonyl (C=O) groups excluding carboxylic acids is 1. The summed E-state index contributed by atoms with van der Waals surface area (Å²) in [6.07, 6.45) is -0.192. The fourth-order valence-corrected chi connectivity index (χ4v) is 2.59. The highest BCUT2D eigenvalue weighted by Crippen LogP contribution is 2.41. The van der Waals surface area contributed by atoms with Crippen molar-refractivity contribution in [3.05, 3.63) is 60.2 Å². The second kappa shape index (κ2) is 6.30. The number of methoxy groups -OCH3 is 1. The molecule has 0 radical (unpaired) electrons. The number of ether oxygens (including phenoxy) is 2. The van der Waals surface area contributed by atoms with Gasteiger partial charge in [-0.3, -0.25) is 10.1 Å². The molecule has 4 heteroatoms. The Morgan fingerprint density at radius 2 is 1.82 bits per heavy atom. The molecule has 1 heterocycles. The summed E-state index contributed by atoms with van der Waals surface area (Å²) >= 11 is 0. The van der Waals surface area contributed by atoms with E-state index in [-0.39, 0.29) is 24.3 Å². The molecule has 1 saturated heterocycles. The Balaban J connectivity index is 1.76. The number of benzene rings is 2. The summed E-state index contributed by atoms with van der Waals surface area (Å²) in [7, 11) is 1.39. The summed E-state index contributed by atoms with van der Waals surface area (Å²) in [5, 5.41) is 3.14. The van der Waals surface area contributed by atoms with E-state index in [0.29, 0.717) is 0 Å². The summed E-state index contributed by atoms with van der Waals surface area (Å²) in [6, 6.07) is 18.0. The highest BCUT2D eigenvalue weighted by molar-refractivity contribution is 5.75. The molecule has 2 unspecified atom stereocenters. The van der Waals surface area contributed by atoms with Crippen LogP contribution in [0, 0.1) is 0 Å². The lowest BCUT2D eigenvalue weighted by molar-refractivity contribution is -0.142. The molecule has 1 aliphatic rings. The monoisotopic (exact) mass is 297 g/mol. The minimum atomic E-state index is -0.385. The highest BCUT2D eigenvalue weighted by atomic mass is 16.6. The predicted octanol–water partition coefficient (Wildman–Crippen LogP) is 2.90. The summed E-state index contributed by atoms with van der Waals surface area (Å²) in [5.74, 6) is -0.286. The van der Waals surface area contributed by atoms with Gasteiger partial charge in [-0.25, -0.2) is 0 Å². The van der Waals surface area contributed by atoms with Crippen LogP contribution in [0.15, 0.2) is 54.6 Å². The maximum Gasteiger partial charge on any atom is 0.322 e. The van der Waals surface area contributed by atoms with E-state index in [1.54, 1.807) is 6.92 Å². The molecule has 2 aromatic rings. The normalized spacial score (nSPS) is 21.2. The molecule has 22 heavy (non-hydrogen) atoms. The third-order valence-electron chi connectivity index (χ3n) is 3.81. The highest BCUT2D eigenvalue weighted by Gasteiger charge is 2.43. The number of hydrogen-bond donors (Lipinski definition) is 1. The van der Waals surface area contributed by atoms with Crippen molar-refractivity contribution in [2.45, 2.75) is 25.3 Å². The van der Waals surface area contributed by atoms with Crippen LogP contribution in [0.3, 0.4) is 0 Å². The number of carbonyl (C=O) groups is 1. The van der Waals surface area contributed by atoms with Crippen molar-refractivity contribution in [3.63, 3.8) is 0 Å². The van der Waals surface area contributed by atoms with E-state index < -0.39 is 0 Å². The molecular weight excluding hydrogens is 278 g/mol. The van der Waals surface area contributed by atoms with Gasteiger partial charge in [0.1, 0.15) is 18.4 Å². The minimum Gasteiger partial charge on any atom is -0.468 e. The van der Waals surface area contributed by atoms with Gasteiger partial charge in [-0.2, -0.15) is 0 Å². The molecule has 0 amide bonds. The molecule has 0 spiro atoms. The van der Waals surface area contributed by atoms with E-state index in [1.165, 1.54) is 7.11 Å². The van der Waals surface area contributed by atoms with Crippen LogP contribution < -0.4 is 5.32 Å². The van der Waals surface area contributed by atoms with E-state index in [9.17, 15) is 4.79 Å². The van der Waals surface area contributed by atoms with Gasteiger partial charge in [0.2, 0.25) is 0 Å². The summed E-state index contributed by atoms with van der Waals surface area (Å²) < 4.78 is 10.4. The molecule has 1 N–H and O–H groups in total. The van der Waals surface area contributed by atoms with Crippen LogP contribution >= 0.6 is 0 Å². The van der Waals surface area contributed by atoms with Gasteiger partial charge in [0.05, 0.1) is 7.11 Å². The van der Waals surface area contributed by atoms with E-state index in [1.807, 2.05) is 30.3 Å². The predicted molar refractivity (Wildman–Crippen MR) is 84.1 cm³/mol. The first kappa shape index (κ1) is 14.8. The molecule has 114 valence electrons. The standard InChI is InChI=1S/C18H19NO3/c1-12(18(20)21-2)19-17-16(22-17)15-11-7-6-10-14(15)13-8-4-3-5-9-13/h3-12,16-17,19H,1-2H3/t12-,16?,17?/m0/s1. The molecule has 3 rings (SSSR count). The van der Waals surface area contributed by atoms with Gasteiger partial charge in [0.25, 0.3) is 0 Å². The first-order chi connectivity index (χ1) is 10.7. The van der Waals surface area contributed by atoms with Gasteiger partial charge in [0.15, 0.2) is 0 Å².